The molecule has 0 bridgehead atoms. The molecule has 0 unspecified atom stereocenters. The fourth-order valence-corrected chi connectivity index (χ4v) is 3.32. The summed E-state index contributed by atoms with van der Waals surface area (Å²) in [6.07, 6.45) is 0.349. The van der Waals surface area contributed by atoms with Crippen molar-refractivity contribution in [2.45, 2.75) is 6.42 Å². The molecule has 0 aromatic heterocycles. The summed E-state index contributed by atoms with van der Waals surface area (Å²) < 4.78 is 19.9. The van der Waals surface area contributed by atoms with Gasteiger partial charge in [-0.1, -0.05) is 23.2 Å². The number of benzene rings is 2. The van der Waals surface area contributed by atoms with Crippen molar-refractivity contribution in [3.8, 4) is 11.5 Å². The lowest BCUT2D eigenvalue weighted by Crippen LogP contribution is -2.07. The number of carbonyl (C=O) groups is 2. The van der Waals surface area contributed by atoms with Gasteiger partial charge in [-0.3, -0.25) is 0 Å². The van der Waals surface area contributed by atoms with Crippen LogP contribution in [0.15, 0.2) is 24.3 Å². The molecule has 144 valence electrons. The van der Waals surface area contributed by atoms with Crippen LogP contribution in [-0.4, -0.2) is 40.4 Å². The van der Waals surface area contributed by atoms with Gasteiger partial charge in [-0.25, -0.2) is 9.59 Å². The van der Waals surface area contributed by atoms with E-state index in [4.69, 9.17) is 42.1 Å². The molecule has 0 fully saturated rings. The van der Waals surface area contributed by atoms with Gasteiger partial charge in [0, 0.05) is 0 Å². The summed E-state index contributed by atoms with van der Waals surface area (Å²) in [5.41, 5.74) is 1.82. The maximum absolute atomic E-state index is 12.0. The fourth-order valence-electron chi connectivity index (χ4n) is 2.68. The highest BCUT2D eigenvalue weighted by Crippen LogP contribution is 2.34. The predicted molar refractivity (Wildman–Crippen MR) is 101 cm³/mol. The van der Waals surface area contributed by atoms with E-state index in [1.54, 1.807) is 24.3 Å². The molecule has 0 aliphatic carbocycles. The zero-order valence-electron chi connectivity index (χ0n) is 15.2. The Kier molecular flexibility index (Phi) is 6.93. The first-order valence-corrected chi connectivity index (χ1v) is 8.51. The van der Waals surface area contributed by atoms with Crippen LogP contribution in [-0.2, 0) is 15.9 Å². The van der Waals surface area contributed by atoms with Gasteiger partial charge < -0.3 is 18.9 Å². The summed E-state index contributed by atoms with van der Waals surface area (Å²) in [5.74, 6) is -0.678. The van der Waals surface area contributed by atoms with Crippen molar-refractivity contribution in [3.05, 3.63) is 56.6 Å². The van der Waals surface area contributed by atoms with Crippen molar-refractivity contribution in [1.82, 2.24) is 0 Å². The van der Waals surface area contributed by atoms with E-state index < -0.39 is 11.9 Å². The van der Waals surface area contributed by atoms with Crippen LogP contribution in [0.4, 0.5) is 0 Å². The number of rotatable bonds is 6. The Morgan fingerprint density at radius 2 is 1.11 bits per heavy atom. The van der Waals surface area contributed by atoms with Gasteiger partial charge in [0.25, 0.3) is 0 Å². The maximum atomic E-state index is 12.0. The first-order chi connectivity index (χ1) is 12.9. The zero-order chi connectivity index (χ0) is 20.1. The van der Waals surface area contributed by atoms with E-state index in [0.29, 0.717) is 17.5 Å². The summed E-state index contributed by atoms with van der Waals surface area (Å²) in [7, 11) is 5.38. The quantitative estimate of drug-likeness (QED) is 0.662. The second-order valence-electron chi connectivity index (χ2n) is 5.48. The van der Waals surface area contributed by atoms with Crippen LogP contribution in [0.5, 0.6) is 11.5 Å². The SMILES string of the molecule is COC(=O)c1cc(Cc2cc(Cl)c(OC)c(C(=O)OC)c2)cc(Cl)c1OC. The number of esters is 2. The summed E-state index contributed by atoms with van der Waals surface area (Å²) in [4.78, 5) is 24.0. The average molecular weight is 413 g/mol. The average Bonchev–Trinajstić information content (AvgIpc) is 2.65. The first-order valence-electron chi connectivity index (χ1n) is 7.75. The van der Waals surface area contributed by atoms with Crippen LogP contribution in [0.3, 0.4) is 0 Å². The van der Waals surface area contributed by atoms with E-state index in [2.05, 4.69) is 0 Å². The Hall–Kier alpha value is -2.44. The molecular weight excluding hydrogens is 395 g/mol. The van der Waals surface area contributed by atoms with Gasteiger partial charge in [0.05, 0.1) is 38.5 Å². The lowest BCUT2D eigenvalue weighted by molar-refractivity contribution is 0.0588. The van der Waals surface area contributed by atoms with Crippen molar-refractivity contribution in [1.29, 1.82) is 0 Å². The van der Waals surface area contributed by atoms with Gasteiger partial charge in [0.15, 0.2) is 11.5 Å². The largest absolute Gasteiger partial charge is 0.494 e. The highest BCUT2D eigenvalue weighted by Gasteiger charge is 2.20. The van der Waals surface area contributed by atoms with Gasteiger partial charge in [0.1, 0.15) is 11.1 Å². The molecule has 0 heterocycles. The molecule has 8 heteroatoms. The number of halogens is 2. The molecule has 2 rings (SSSR count). The standard InChI is InChI=1S/C19H18Cl2O6/c1-24-16-12(18(22)26-3)6-10(8-14(16)20)5-11-7-13(19(23)27-4)17(25-2)15(21)9-11/h6-9H,5H2,1-4H3. The maximum Gasteiger partial charge on any atom is 0.341 e. The van der Waals surface area contributed by atoms with E-state index in [-0.39, 0.29) is 32.7 Å². The van der Waals surface area contributed by atoms with E-state index in [0.717, 1.165) is 0 Å². The topological polar surface area (TPSA) is 71.1 Å². The van der Waals surface area contributed by atoms with Crippen molar-refractivity contribution < 1.29 is 28.5 Å². The van der Waals surface area contributed by atoms with Gasteiger partial charge in [-0.2, -0.15) is 0 Å². The lowest BCUT2D eigenvalue weighted by atomic mass is 10.00. The minimum atomic E-state index is -0.571. The third-order valence-corrected chi connectivity index (χ3v) is 4.40. The second kappa shape index (κ2) is 8.97. The van der Waals surface area contributed by atoms with E-state index in [1.807, 2.05) is 0 Å². The molecule has 2 aromatic rings. The second-order valence-corrected chi connectivity index (χ2v) is 6.29. The lowest BCUT2D eigenvalue weighted by Gasteiger charge is -2.14. The number of hydrogen-bond acceptors (Lipinski definition) is 6. The van der Waals surface area contributed by atoms with Crippen molar-refractivity contribution in [2.24, 2.45) is 0 Å². The number of carbonyl (C=O) groups excluding carboxylic acids is 2. The van der Waals surface area contributed by atoms with E-state index in [1.165, 1.54) is 28.4 Å². The highest BCUT2D eigenvalue weighted by molar-refractivity contribution is 6.33. The van der Waals surface area contributed by atoms with Crippen LogP contribution in [0.25, 0.3) is 0 Å². The molecule has 0 aliphatic heterocycles. The molecule has 0 radical (unpaired) electrons. The summed E-state index contributed by atoms with van der Waals surface area (Å²) in [5, 5.41) is 0.534. The number of hydrogen-bond donors (Lipinski definition) is 0. The van der Waals surface area contributed by atoms with Gasteiger partial charge in [-0.05, 0) is 41.8 Å². The predicted octanol–water partition coefficient (Wildman–Crippen LogP) is 4.17. The molecular formula is C19H18Cl2O6. The highest BCUT2D eigenvalue weighted by atomic mass is 35.5. The Labute approximate surface area is 166 Å². The van der Waals surface area contributed by atoms with Gasteiger partial charge in [0.2, 0.25) is 0 Å². The van der Waals surface area contributed by atoms with Crippen LogP contribution in [0.2, 0.25) is 10.0 Å². The van der Waals surface area contributed by atoms with Crippen LogP contribution < -0.4 is 9.47 Å². The Bertz CT molecular complexity index is 807. The monoisotopic (exact) mass is 412 g/mol. The molecule has 0 amide bonds. The minimum Gasteiger partial charge on any atom is -0.494 e. The summed E-state index contributed by atoms with van der Waals surface area (Å²) >= 11 is 12.5. The van der Waals surface area contributed by atoms with Crippen molar-refractivity contribution in [2.75, 3.05) is 28.4 Å². The molecule has 0 N–H and O–H groups in total. The van der Waals surface area contributed by atoms with E-state index >= 15 is 0 Å². The molecule has 27 heavy (non-hydrogen) atoms. The smallest absolute Gasteiger partial charge is 0.341 e. The van der Waals surface area contributed by atoms with Gasteiger partial charge >= 0.3 is 11.9 Å². The Morgan fingerprint density at radius 1 is 0.741 bits per heavy atom. The molecule has 2 aromatic carbocycles. The fraction of sp³-hybridized carbons (Fsp3) is 0.263. The first kappa shape index (κ1) is 20.9. The summed E-state index contributed by atoms with van der Waals surface area (Å²) in [6.45, 7) is 0. The van der Waals surface area contributed by atoms with Crippen LogP contribution >= 0.6 is 23.2 Å². The third-order valence-electron chi connectivity index (χ3n) is 3.83. The zero-order valence-corrected chi connectivity index (χ0v) is 16.7. The molecule has 0 saturated heterocycles. The molecule has 0 aliphatic rings. The van der Waals surface area contributed by atoms with Crippen LogP contribution in [0, 0.1) is 0 Å². The molecule has 0 atom stereocenters. The molecule has 0 spiro atoms. The Morgan fingerprint density at radius 3 is 1.41 bits per heavy atom. The van der Waals surface area contributed by atoms with E-state index in [9.17, 15) is 9.59 Å². The Balaban J connectivity index is 2.51. The minimum absolute atomic E-state index is 0.204. The third kappa shape index (κ3) is 4.46. The normalized spacial score (nSPS) is 10.3. The number of methoxy groups -OCH3 is 4. The van der Waals surface area contributed by atoms with Crippen LogP contribution in [0.1, 0.15) is 31.8 Å². The molecule has 6 nitrogen and oxygen atoms in total. The molecule has 0 saturated carbocycles. The summed E-state index contributed by atoms with van der Waals surface area (Å²) in [6, 6.07) is 6.57. The van der Waals surface area contributed by atoms with Crippen molar-refractivity contribution >= 4 is 35.1 Å². The van der Waals surface area contributed by atoms with Crippen molar-refractivity contribution in [3.63, 3.8) is 0 Å². The van der Waals surface area contributed by atoms with Gasteiger partial charge in [-0.15, -0.1) is 0 Å². The number of ether oxygens (including phenoxy) is 4.